The van der Waals surface area contributed by atoms with Crippen LogP contribution in [0.2, 0.25) is 5.02 Å². The zero-order valence-electron chi connectivity index (χ0n) is 12.7. The molecule has 0 spiro atoms. The van der Waals surface area contributed by atoms with E-state index in [4.69, 9.17) is 16.3 Å². The molecule has 120 valence electrons. The van der Waals surface area contributed by atoms with Crippen molar-refractivity contribution in [3.05, 3.63) is 47.5 Å². The third-order valence-corrected chi connectivity index (χ3v) is 3.30. The third-order valence-electron chi connectivity index (χ3n) is 3.05. The maximum absolute atomic E-state index is 12.2. The molecular formula is C16H20ClNO4. The SMILES string of the molecule is C=CCOC(=O)N(Cc1ccc(Cl)cc1)C(C(=O)O)C(C)C. The summed E-state index contributed by atoms with van der Waals surface area (Å²) < 4.78 is 5.01. The Morgan fingerprint density at radius 3 is 2.41 bits per heavy atom. The van der Waals surface area contributed by atoms with Crippen LogP contribution in [0, 0.1) is 5.92 Å². The Hall–Kier alpha value is -2.01. The highest BCUT2D eigenvalue weighted by atomic mass is 35.5. The molecule has 0 heterocycles. The summed E-state index contributed by atoms with van der Waals surface area (Å²) in [5.41, 5.74) is 0.770. The highest BCUT2D eigenvalue weighted by Gasteiger charge is 2.33. The minimum Gasteiger partial charge on any atom is -0.480 e. The van der Waals surface area contributed by atoms with E-state index < -0.39 is 18.1 Å². The second-order valence-corrected chi connectivity index (χ2v) is 5.58. The Balaban J connectivity index is 3.03. The lowest BCUT2D eigenvalue weighted by molar-refractivity contribution is -0.144. The lowest BCUT2D eigenvalue weighted by Gasteiger charge is -2.30. The van der Waals surface area contributed by atoms with Gasteiger partial charge < -0.3 is 9.84 Å². The van der Waals surface area contributed by atoms with E-state index in [1.165, 1.54) is 11.0 Å². The topological polar surface area (TPSA) is 66.8 Å². The van der Waals surface area contributed by atoms with E-state index in [-0.39, 0.29) is 19.1 Å². The second-order valence-electron chi connectivity index (χ2n) is 5.15. The van der Waals surface area contributed by atoms with E-state index in [0.29, 0.717) is 5.02 Å². The number of carboxylic acid groups (broad SMARTS) is 1. The average molecular weight is 326 g/mol. The molecule has 1 amide bonds. The molecule has 1 aromatic rings. The average Bonchev–Trinajstić information content (AvgIpc) is 2.45. The molecule has 1 aromatic carbocycles. The van der Waals surface area contributed by atoms with Gasteiger partial charge in [-0.05, 0) is 23.6 Å². The molecule has 0 aliphatic carbocycles. The third kappa shape index (κ3) is 5.07. The Kier molecular flexibility index (Phi) is 6.92. The first-order valence-corrected chi connectivity index (χ1v) is 7.26. The first kappa shape index (κ1) is 18.0. The zero-order chi connectivity index (χ0) is 16.7. The van der Waals surface area contributed by atoms with Crippen molar-refractivity contribution in [2.45, 2.75) is 26.4 Å². The second kappa shape index (κ2) is 8.44. The first-order valence-electron chi connectivity index (χ1n) is 6.88. The molecule has 22 heavy (non-hydrogen) atoms. The van der Waals surface area contributed by atoms with Crippen molar-refractivity contribution < 1.29 is 19.4 Å². The van der Waals surface area contributed by atoms with Gasteiger partial charge in [0.15, 0.2) is 0 Å². The number of hydrogen-bond acceptors (Lipinski definition) is 3. The van der Waals surface area contributed by atoms with Gasteiger partial charge in [0.25, 0.3) is 0 Å². The van der Waals surface area contributed by atoms with Crippen LogP contribution in [0.1, 0.15) is 19.4 Å². The summed E-state index contributed by atoms with van der Waals surface area (Å²) >= 11 is 5.83. The first-order chi connectivity index (χ1) is 10.4. The molecular weight excluding hydrogens is 306 g/mol. The highest BCUT2D eigenvalue weighted by molar-refractivity contribution is 6.30. The maximum atomic E-state index is 12.2. The van der Waals surface area contributed by atoms with Gasteiger partial charge in [-0.25, -0.2) is 9.59 Å². The van der Waals surface area contributed by atoms with Crippen molar-refractivity contribution >= 4 is 23.7 Å². The zero-order valence-corrected chi connectivity index (χ0v) is 13.4. The Morgan fingerprint density at radius 1 is 1.36 bits per heavy atom. The smallest absolute Gasteiger partial charge is 0.411 e. The summed E-state index contributed by atoms with van der Waals surface area (Å²) in [6.07, 6.45) is 0.750. The van der Waals surface area contributed by atoms with Crippen LogP contribution in [-0.2, 0) is 16.1 Å². The van der Waals surface area contributed by atoms with Crippen molar-refractivity contribution in [2.24, 2.45) is 5.92 Å². The summed E-state index contributed by atoms with van der Waals surface area (Å²) in [5, 5.41) is 9.99. The normalized spacial score (nSPS) is 11.8. The van der Waals surface area contributed by atoms with Crippen LogP contribution in [0.3, 0.4) is 0 Å². The highest BCUT2D eigenvalue weighted by Crippen LogP contribution is 2.18. The summed E-state index contributed by atoms with van der Waals surface area (Å²) in [5.74, 6) is -1.33. The Labute approximate surface area is 135 Å². The largest absolute Gasteiger partial charge is 0.480 e. The number of carbonyl (C=O) groups excluding carboxylic acids is 1. The maximum Gasteiger partial charge on any atom is 0.411 e. The van der Waals surface area contributed by atoms with Gasteiger partial charge in [0.1, 0.15) is 12.6 Å². The number of carbonyl (C=O) groups is 2. The molecule has 6 heteroatoms. The minimum absolute atomic E-state index is 0.0282. The molecule has 0 fully saturated rings. The lowest BCUT2D eigenvalue weighted by Crippen LogP contribution is -2.47. The molecule has 1 unspecified atom stereocenters. The summed E-state index contributed by atoms with van der Waals surface area (Å²) in [7, 11) is 0. The lowest BCUT2D eigenvalue weighted by atomic mass is 10.0. The van der Waals surface area contributed by atoms with E-state index >= 15 is 0 Å². The van der Waals surface area contributed by atoms with Crippen molar-refractivity contribution in [1.29, 1.82) is 0 Å². The molecule has 1 N–H and O–H groups in total. The number of halogens is 1. The van der Waals surface area contributed by atoms with Crippen molar-refractivity contribution in [3.8, 4) is 0 Å². The van der Waals surface area contributed by atoms with Crippen LogP contribution in [-0.4, -0.2) is 34.7 Å². The fraction of sp³-hybridized carbons (Fsp3) is 0.375. The van der Waals surface area contributed by atoms with E-state index in [2.05, 4.69) is 6.58 Å². The standard InChI is InChI=1S/C16H20ClNO4/c1-4-9-22-16(21)18(14(11(2)3)15(19)20)10-12-5-7-13(17)8-6-12/h4-8,11,14H,1,9-10H2,2-3H3,(H,19,20). The molecule has 0 bridgehead atoms. The number of hydrogen-bond donors (Lipinski definition) is 1. The molecule has 0 aliphatic rings. The molecule has 0 saturated heterocycles. The van der Waals surface area contributed by atoms with E-state index in [9.17, 15) is 14.7 Å². The van der Waals surface area contributed by atoms with Crippen LogP contribution in [0.25, 0.3) is 0 Å². The number of rotatable bonds is 7. The number of nitrogens with zero attached hydrogens (tertiary/aromatic N) is 1. The predicted octanol–water partition coefficient (Wildman–Crippen LogP) is 3.57. The molecule has 1 atom stereocenters. The summed E-state index contributed by atoms with van der Waals surface area (Å²) in [4.78, 5) is 24.9. The minimum atomic E-state index is -1.07. The van der Waals surface area contributed by atoms with Gasteiger partial charge >= 0.3 is 12.1 Å². The number of benzene rings is 1. The van der Waals surface area contributed by atoms with Gasteiger partial charge in [-0.2, -0.15) is 0 Å². The Morgan fingerprint density at radius 2 is 1.95 bits per heavy atom. The van der Waals surface area contributed by atoms with Crippen molar-refractivity contribution in [3.63, 3.8) is 0 Å². The number of amides is 1. The van der Waals surface area contributed by atoms with E-state index in [1.807, 2.05) is 0 Å². The van der Waals surface area contributed by atoms with Gasteiger partial charge in [0.05, 0.1) is 0 Å². The number of aliphatic carboxylic acids is 1. The number of carboxylic acids is 1. The van der Waals surface area contributed by atoms with Gasteiger partial charge in [0, 0.05) is 11.6 Å². The molecule has 0 aliphatic heterocycles. The Bertz CT molecular complexity index is 527. The fourth-order valence-electron chi connectivity index (χ4n) is 2.05. The van der Waals surface area contributed by atoms with Gasteiger partial charge in [0.2, 0.25) is 0 Å². The fourth-order valence-corrected chi connectivity index (χ4v) is 2.18. The molecule has 0 radical (unpaired) electrons. The van der Waals surface area contributed by atoms with Crippen LogP contribution < -0.4 is 0 Å². The quantitative estimate of drug-likeness (QED) is 0.778. The molecule has 0 aromatic heterocycles. The summed E-state index contributed by atoms with van der Waals surface area (Å²) in [6.45, 7) is 7.12. The monoisotopic (exact) mass is 325 g/mol. The molecule has 1 rings (SSSR count). The number of ether oxygens (including phenoxy) is 1. The van der Waals surface area contributed by atoms with Crippen LogP contribution >= 0.6 is 11.6 Å². The van der Waals surface area contributed by atoms with Crippen molar-refractivity contribution in [2.75, 3.05) is 6.61 Å². The predicted molar refractivity (Wildman–Crippen MR) is 84.8 cm³/mol. The van der Waals surface area contributed by atoms with Crippen LogP contribution in [0.4, 0.5) is 4.79 Å². The van der Waals surface area contributed by atoms with E-state index in [1.54, 1.807) is 38.1 Å². The molecule has 5 nitrogen and oxygen atoms in total. The van der Waals surface area contributed by atoms with Gasteiger partial charge in [-0.15, -0.1) is 0 Å². The molecule has 0 saturated carbocycles. The van der Waals surface area contributed by atoms with Crippen molar-refractivity contribution in [1.82, 2.24) is 4.90 Å². The van der Waals surface area contributed by atoms with Crippen LogP contribution in [0.15, 0.2) is 36.9 Å². The van der Waals surface area contributed by atoms with E-state index in [0.717, 1.165) is 5.56 Å². The van der Waals surface area contributed by atoms with Crippen LogP contribution in [0.5, 0.6) is 0 Å². The van der Waals surface area contributed by atoms with Gasteiger partial charge in [-0.1, -0.05) is 50.2 Å². The van der Waals surface area contributed by atoms with Gasteiger partial charge in [-0.3, -0.25) is 4.90 Å². The summed E-state index contributed by atoms with van der Waals surface area (Å²) in [6, 6.07) is 5.89.